The molecular weight excluding hydrogens is 356 g/mol. The van der Waals surface area contributed by atoms with Gasteiger partial charge in [-0.05, 0) is 24.3 Å². The zero-order valence-electron chi connectivity index (χ0n) is 13.5. The molecule has 0 aromatic heterocycles. The van der Waals surface area contributed by atoms with E-state index in [0.717, 1.165) is 11.2 Å². The Kier molecular flexibility index (Phi) is 6.64. The van der Waals surface area contributed by atoms with Crippen LogP contribution in [0, 0.1) is 0 Å². The molecule has 1 fully saturated rings. The lowest BCUT2D eigenvalue weighted by Crippen LogP contribution is -2.37. The molecule has 24 heavy (non-hydrogen) atoms. The van der Waals surface area contributed by atoms with E-state index >= 15 is 0 Å². The van der Waals surface area contributed by atoms with Crippen LogP contribution in [0.2, 0.25) is 0 Å². The molecule has 1 heterocycles. The van der Waals surface area contributed by atoms with Crippen molar-refractivity contribution in [2.75, 3.05) is 38.9 Å². The van der Waals surface area contributed by atoms with E-state index in [2.05, 4.69) is 4.74 Å². The maximum atomic E-state index is 11.4. The predicted octanol–water partition coefficient (Wildman–Crippen LogP) is 1.67. The van der Waals surface area contributed by atoms with Gasteiger partial charge in [0.25, 0.3) is 10.1 Å². The SMILES string of the molecule is COC(=O)c1ccc(SCCC2(COS(C)(=O)=O)OCCO2)cc1. The fourth-order valence-electron chi connectivity index (χ4n) is 2.12. The highest BCUT2D eigenvalue weighted by Gasteiger charge is 2.37. The third-order valence-corrected chi connectivity index (χ3v) is 4.89. The first-order valence-electron chi connectivity index (χ1n) is 7.27. The van der Waals surface area contributed by atoms with Crippen molar-refractivity contribution in [3.8, 4) is 0 Å². The van der Waals surface area contributed by atoms with Crippen LogP contribution in [0.4, 0.5) is 0 Å². The zero-order valence-corrected chi connectivity index (χ0v) is 15.2. The summed E-state index contributed by atoms with van der Waals surface area (Å²) in [5.41, 5.74) is 0.488. The van der Waals surface area contributed by atoms with Gasteiger partial charge in [0, 0.05) is 17.1 Å². The van der Waals surface area contributed by atoms with Gasteiger partial charge >= 0.3 is 5.97 Å². The Morgan fingerprint density at radius 1 is 1.25 bits per heavy atom. The van der Waals surface area contributed by atoms with Crippen molar-refractivity contribution in [3.63, 3.8) is 0 Å². The minimum Gasteiger partial charge on any atom is -0.465 e. The number of hydrogen-bond acceptors (Lipinski definition) is 8. The molecule has 7 nitrogen and oxygen atoms in total. The second-order valence-electron chi connectivity index (χ2n) is 5.19. The van der Waals surface area contributed by atoms with Crippen molar-refractivity contribution in [2.45, 2.75) is 17.1 Å². The molecular formula is C15H20O7S2. The Morgan fingerprint density at radius 3 is 2.42 bits per heavy atom. The molecule has 1 saturated heterocycles. The fourth-order valence-corrected chi connectivity index (χ4v) is 3.49. The summed E-state index contributed by atoms with van der Waals surface area (Å²) < 4.78 is 42.9. The van der Waals surface area contributed by atoms with Crippen LogP contribution >= 0.6 is 11.8 Å². The monoisotopic (exact) mass is 376 g/mol. The Bertz CT molecular complexity index is 649. The highest BCUT2D eigenvalue weighted by molar-refractivity contribution is 7.99. The molecule has 0 spiro atoms. The second kappa shape index (κ2) is 8.30. The molecule has 134 valence electrons. The quantitative estimate of drug-likeness (QED) is 0.385. The van der Waals surface area contributed by atoms with E-state index in [-0.39, 0.29) is 12.6 Å². The van der Waals surface area contributed by atoms with Crippen molar-refractivity contribution < 1.29 is 31.6 Å². The van der Waals surface area contributed by atoms with Gasteiger partial charge in [0.05, 0.1) is 32.1 Å². The molecule has 0 N–H and O–H groups in total. The van der Waals surface area contributed by atoms with Crippen LogP contribution in [0.25, 0.3) is 0 Å². The fraction of sp³-hybridized carbons (Fsp3) is 0.533. The summed E-state index contributed by atoms with van der Waals surface area (Å²) in [7, 11) is -2.22. The molecule has 0 bridgehead atoms. The largest absolute Gasteiger partial charge is 0.465 e. The molecule has 0 amide bonds. The number of thioether (sulfide) groups is 1. The van der Waals surface area contributed by atoms with Gasteiger partial charge in [0.1, 0.15) is 6.61 Å². The van der Waals surface area contributed by atoms with E-state index in [1.54, 1.807) is 23.9 Å². The molecule has 0 atom stereocenters. The molecule has 0 aliphatic carbocycles. The number of benzene rings is 1. The zero-order chi connectivity index (χ0) is 17.6. The standard InChI is InChI=1S/C15H20O7S2/c1-19-14(16)12-3-5-13(6-4-12)23-10-7-15(20-8-9-21-15)11-22-24(2,17)18/h3-6H,7-11H2,1-2H3. The van der Waals surface area contributed by atoms with E-state index in [4.69, 9.17) is 13.7 Å². The lowest BCUT2D eigenvalue weighted by molar-refractivity contribution is -0.177. The first-order chi connectivity index (χ1) is 11.3. The summed E-state index contributed by atoms with van der Waals surface area (Å²) in [6.07, 6.45) is 1.47. The second-order valence-corrected chi connectivity index (χ2v) is 8.00. The molecule has 1 aromatic carbocycles. The van der Waals surface area contributed by atoms with Crippen LogP contribution in [0.1, 0.15) is 16.8 Å². The van der Waals surface area contributed by atoms with Gasteiger partial charge in [0.2, 0.25) is 0 Å². The third-order valence-electron chi connectivity index (χ3n) is 3.33. The summed E-state index contributed by atoms with van der Waals surface area (Å²) in [6, 6.07) is 7.04. The molecule has 1 aliphatic heterocycles. The summed E-state index contributed by atoms with van der Waals surface area (Å²) in [6.45, 7) is 0.658. The van der Waals surface area contributed by atoms with Gasteiger partial charge < -0.3 is 14.2 Å². The molecule has 2 rings (SSSR count). The van der Waals surface area contributed by atoms with E-state index < -0.39 is 15.9 Å². The number of carbonyl (C=O) groups excluding carboxylic acids is 1. The van der Waals surface area contributed by atoms with E-state index in [9.17, 15) is 13.2 Å². The average molecular weight is 376 g/mol. The van der Waals surface area contributed by atoms with Crippen molar-refractivity contribution in [2.24, 2.45) is 0 Å². The van der Waals surface area contributed by atoms with Crippen LogP contribution in [0.5, 0.6) is 0 Å². The van der Waals surface area contributed by atoms with Crippen LogP contribution in [0.3, 0.4) is 0 Å². The summed E-state index contributed by atoms with van der Waals surface area (Å²) in [4.78, 5) is 12.4. The summed E-state index contributed by atoms with van der Waals surface area (Å²) in [5.74, 6) is -0.761. The van der Waals surface area contributed by atoms with E-state index in [0.29, 0.717) is 31.0 Å². The first kappa shape index (κ1) is 19.2. The third kappa shape index (κ3) is 5.75. The highest BCUT2D eigenvalue weighted by atomic mass is 32.2. The molecule has 9 heteroatoms. The van der Waals surface area contributed by atoms with Crippen molar-refractivity contribution in [1.29, 1.82) is 0 Å². The maximum absolute atomic E-state index is 11.4. The van der Waals surface area contributed by atoms with Gasteiger partial charge in [-0.15, -0.1) is 11.8 Å². The van der Waals surface area contributed by atoms with Crippen molar-refractivity contribution in [3.05, 3.63) is 29.8 Å². The number of rotatable bonds is 8. The predicted molar refractivity (Wildman–Crippen MR) is 88.6 cm³/mol. The Hall–Kier alpha value is -1.13. The number of hydrogen-bond donors (Lipinski definition) is 0. The van der Waals surface area contributed by atoms with Crippen LogP contribution in [0.15, 0.2) is 29.2 Å². The lowest BCUT2D eigenvalue weighted by Gasteiger charge is -2.26. The lowest BCUT2D eigenvalue weighted by atomic mass is 10.2. The van der Waals surface area contributed by atoms with Crippen molar-refractivity contribution >= 4 is 27.8 Å². The first-order valence-corrected chi connectivity index (χ1v) is 10.1. The van der Waals surface area contributed by atoms with Gasteiger partial charge in [-0.25, -0.2) is 4.79 Å². The van der Waals surface area contributed by atoms with Gasteiger partial charge in [0.15, 0.2) is 5.79 Å². The molecule has 0 unspecified atom stereocenters. The minimum absolute atomic E-state index is 0.159. The Labute approximate surface area is 145 Å². The molecule has 1 aromatic rings. The van der Waals surface area contributed by atoms with Crippen molar-refractivity contribution in [1.82, 2.24) is 0 Å². The summed E-state index contributed by atoms with van der Waals surface area (Å²) in [5, 5.41) is 0. The number of carbonyl (C=O) groups is 1. The van der Waals surface area contributed by atoms with Gasteiger partial charge in [-0.2, -0.15) is 8.42 Å². The van der Waals surface area contributed by atoms with Gasteiger partial charge in [-0.1, -0.05) is 0 Å². The van der Waals surface area contributed by atoms with Gasteiger partial charge in [-0.3, -0.25) is 4.18 Å². The highest BCUT2D eigenvalue weighted by Crippen LogP contribution is 2.29. The topological polar surface area (TPSA) is 88.1 Å². The Balaban J connectivity index is 1.87. The minimum atomic E-state index is -3.55. The average Bonchev–Trinajstić information content (AvgIpc) is 3.02. The molecule has 1 aliphatic rings. The number of ether oxygens (including phenoxy) is 3. The van der Waals surface area contributed by atoms with E-state index in [1.165, 1.54) is 7.11 Å². The van der Waals surface area contributed by atoms with E-state index in [1.807, 2.05) is 12.1 Å². The number of esters is 1. The molecule has 0 saturated carbocycles. The van der Waals surface area contributed by atoms with Crippen LogP contribution < -0.4 is 0 Å². The maximum Gasteiger partial charge on any atom is 0.337 e. The number of methoxy groups -OCH3 is 1. The summed E-state index contributed by atoms with van der Waals surface area (Å²) >= 11 is 1.55. The normalized spacial score (nSPS) is 16.9. The Morgan fingerprint density at radius 2 is 1.88 bits per heavy atom. The molecule has 0 radical (unpaired) electrons. The van der Waals surface area contributed by atoms with Crippen LogP contribution in [-0.4, -0.2) is 59.1 Å². The smallest absolute Gasteiger partial charge is 0.337 e. The van der Waals surface area contributed by atoms with Crippen LogP contribution in [-0.2, 0) is 28.5 Å².